The molecule has 0 saturated carbocycles. The number of unbranched alkanes of at least 4 members (excludes halogenated alkanes) is 46. The van der Waals surface area contributed by atoms with Crippen molar-refractivity contribution in [2.45, 2.75) is 408 Å². The second-order valence-corrected chi connectivity index (χ2v) is 26.1. The topological polar surface area (TPSA) is 228 Å². The van der Waals surface area contributed by atoms with Crippen LogP contribution >= 0.6 is 0 Å². The van der Waals surface area contributed by atoms with Gasteiger partial charge in [0, 0.05) is 6.42 Å². The van der Waals surface area contributed by atoms with E-state index in [4.69, 9.17) is 18.9 Å². The number of amides is 1. The first kappa shape index (κ1) is 80.6. The van der Waals surface area contributed by atoms with Crippen molar-refractivity contribution < 1.29 is 64.6 Å². The first-order valence-electron chi connectivity index (χ1n) is 36.6. The summed E-state index contributed by atoms with van der Waals surface area (Å²) in [7, 11) is 0. The number of nitrogens with one attached hydrogen (secondary N) is 1. The van der Waals surface area contributed by atoms with E-state index in [1.54, 1.807) is 6.08 Å². The Morgan fingerprint density at radius 2 is 0.733 bits per heavy atom. The normalized spacial score (nSPS) is 23.5. The smallest absolute Gasteiger partial charge is 0.220 e. The summed E-state index contributed by atoms with van der Waals surface area (Å²) in [6.07, 6.45) is 55.6. The van der Waals surface area contributed by atoms with E-state index in [0.29, 0.717) is 6.42 Å². The lowest BCUT2D eigenvalue weighted by Crippen LogP contribution is -2.65. The van der Waals surface area contributed by atoms with Crippen LogP contribution in [0.25, 0.3) is 0 Å². The van der Waals surface area contributed by atoms with E-state index in [0.717, 1.165) is 38.5 Å². The van der Waals surface area contributed by atoms with E-state index < -0.39 is 86.8 Å². The highest BCUT2D eigenvalue weighted by molar-refractivity contribution is 5.76. The molecule has 0 aromatic rings. The number of ether oxygens (including phenoxy) is 4. The molecule has 2 heterocycles. The van der Waals surface area contributed by atoms with Crippen LogP contribution in [0.1, 0.15) is 335 Å². The Morgan fingerprint density at radius 1 is 0.407 bits per heavy atom. The average molecular weight is 1220 g/mol. The molecule has 2 saturated heterocycles. The highest BCUT2D eigenvalue weighted by Gasteiger charge is 2.51. The van der Waals surface area contributed by atoms with Crippen molar-refractivity contribution in [1.82, 2.24) is 5.32 Å². The molecule has 86 heavy (non-hydrogen) atoms. The number of allylic oxidation sites excluding steroid dienone is 3. The van der Waals surface area contributed by atoms with Crippen LogP contribution in [-0.2, 0) is 23.7 Å². The number of hydrogen-bond donors (Lipinski definition) is 9. The highest BCUT2D eigenvalue weighted by atomic mass is 16.7. The van der Waals surface area contributed by atoms with Crippen LogP contribution in [0.4, 0.5) is 0 Å². The summed E-state index contributed by atoms with van der Waals surface area (Å²) in [4.78, 5) is 13.3. The van der Waals surface area contributed by atoms with Gasteiger partial charge in [0.1, 0.15) is 48.8 Å². The maximum atomic E-state index is 13.3. The zero-order valence-corrected chi connectivity index (χ0v) is 55.3. The third kappa shape index (κ3) is 41.1. The van der Waals surface area contributed by atoms with Gasteiger partial charge >= 0.3 is 0 Å². The van der Waals surface area contributed by atoms with Crippen molar-refractivity contribution >= 4 is 5.91 Å². The number of aliphatic hydroxyl groups is 8. The molecular weight excluding hydrogens is 1090 g/mol. The second-order valence-electron chi connectivity index (χ2n) is 26.1. The molecule has 0 radical (unpaired) electrons. The Kier molecular flexibility index (Phi) is 53.7. The van der Waals surface area contributed by atoms with Gasteiger partial charge in [0.15, 0.2) is 12.6 Å². The maximum Gasteiger partial charge on any atom is 0.220 e. The van der Waals surface area contributed by atoms with Crippen molar-refractivity contribution in [3.63, 3.8) is 0 Å². The highest BCUT2D eigenvalue weighted by Crippen LogP contribution is 2.30. The zero-order valence-electron chi connectivity index (χ0n) is 55.3. The van der Waals surface area contributed by atoms with Gasteiger partial charge in [-0.25, -0.2) is 0 Å². The summed E-state index contributed by atoms with van der Waals surface area (Å²) < 4.78 is 22.8. The minimum absolute atomic E-state index is 0.233. The van der Waals surface area contributed by atoms with Crippen LogP contribution in [0.5, 0.6) is 0 Å². The molecular formula is C72H137NO13. The quantitative estimate of drug-likeness (QED) is 0.0204. The summed E-state index contributed by atoms with van der Waals surface area (Å²) in [5.74, 6) is -0.233. The minimum Gasteiger partial charge on any atom is -0.394 e. The Labute approximate surface area is 526 Å². The molecule has 0 aromatic carbocycles. The van der Waals surface area contributed by atoms with Crippen LogP contribution in [0.2, 0.25) is 0 Å². The number of hydrogen-bond acceptors (Lipinski definition) is 13. The molecule has 14 nitrogen and oxygen atoms in total. The summed E-state index contributed by atoms with van der Waals surface area (Å²) in [5, 5.41) is 87.2. The van der Waals surface area contributed by atoms with Crippen LogP contribution in [0.15, 0.2) is 24.3 Å². The summed E-state index contributed by atoms with van der Waals surface area (Å²) in [6, 6.07) is -0.911. The van der Waals surface area contributed by atoms with Gasteiger partial charge in [-0.15, -0.1) is 0 Å². The summed E-state index contributed by atoms with van der Waals surface area (Å²) >= 11 is 0. The molecule has 14 heteroatoms. The van der Waals surface area contributed by atoms with Crippen LogP contribution in [0.3, 0.4) is 0 Å². The summed E-state index contributed by atoms with van der Waals surface area (Å²) in [6.45, 7) is 2.83. The third-order valence-corrected chi connectivity index (χ3v) is 18.1. The van der Waals surface area contributed by atoms with Gasteiger partial charge in [-0.2, -0.15) is 0 Å². The van der Waals surface area contributed by atoms with E-state index in [-0.39, 0.29) is 18.9 Å². The molecule has 2 aliphatic heterocycles. The van der Waals surface area contributed by atoms with Gasteiger partial charge in [0.2, 0.25) is 5.91 Å². The second kappa shape index (κ2) is 57.4. The lowest BCUT2D eigenvalue weighted by atomic mass is 9.97. The van der Waals surface area contributed by atoms with Crippen LogP contribution < -0.4 is 5.32 Å². The van der Waals surface area contributed by atoms with E-state index in [1.165, 1.54) is 270 Å². The standard InChI is InChI=1S/C72H137NO13/c1-3-5-7-9-11-13-15-17-18-19-20-21-22-23-24-25-26-27-28-29-30-31-32-33-34-35-36-37-38-39-40-41-42-44-46-48-50-52-54-56-64(77)73-60(61(76)55-53-51-49-47-45-43-16-14-12-10-8-6-4-2)59-83-71-69(82)67(80)70(63(58-75)85-71)86-72-68(81)66(79)65(78)62(57-74)84-72/h19-20,53,55,60-63,65-72,74-76,78-82H,3-18,21-52,54,56-59H2,1-2H3,(H,73,77)/b20-19-,55-53+. The first-order chi connectivity index (χ1) is 42.1. The SMILES string of the molecule is CCCCCCCCCC/C=C\CCCCCCCCCCCCCCCCCCCCCCCCCCCCCC(=O)NC(COC1OC(CO)C(OC2OC(CO)C(O)C(O)C2O)C(O)C1O)C(O)/C=C/CCCCCCCCCCCCC. The van der Waals surface area contributed by atoms with Gasteiger partial charge in [-0.05, 0) is 44.9 Å². The molecule has 0 bridgehead atoms. The number of aliphatic hydroxyl groups excluding tert-OH is 8. The molecule has 0 spiro atoms. The third-order valence-electron chi connectivity index (χ3n) is 18.1. The molecule has 0 aliphatic carbocycles. The summed E-state index contributed by atoms with van der Waals surface area (Å²) in [5.41, 5.74) is 0. The van der Waals surface area contributed by atoms with Gasteiger partial charge in [-0.3, -0.25) is 4.79 Å². The molecule has 508 valence electrons. The van der Waals surface area contributed by atoms with Crippen molar-refractivity contribution in [1.29, 1.82) is 0 Å². The Morgan fingerprint density at radius 3 is 1.10 bits per heavy atom. The van der Waals surface area contributed by atoms with Gasteiger partial charge < -0.3 is 65.1 Å². The molecule has 9 N–H and O–H groups in total. The fourth-order valence-corrected chi connectivity index (χ4v) is 12.3. The molecule has 12 unspecified atom stereocenters. The van der Waals surface area contributed by atoms with Crippen LogP contribution in [0, 0.1) is 0 Å². The lowest BCUT2D eigenvalue weighted by Gasteiger charge is -2.46. The largest absolute Gasteiger partial charge is 0.394 e. The van der Waals surface area contributed by atoms with E-state index in [1.807, 2.05) is 6.08 Å². The minimum atomic E-state index is -1.79. The van der Waals surface area contributed by atoms with Crippen molar-refractivity contribution in [2.75, 3.05) is 19.8 Å². The monoisotopic (exact) mass is 1220 g/mol. The molecule has 2 rings (SSSR count). The van der Waals surface area contributed by atoms with E-state index in [9.17, 15) is 45.6 Å². The Balaban J connectivity index is 1.53. The molecule has 0 aromatic heterocycles. The van der Waals surface area contributed by atoms with Crippen LogP contribution in [-0.4, -0.2) is 140 Å². The van der Waals surface area contributed by atoms with Gasteiger partial charge in [0.05, 0.1) is 32.0 Å². The molecule has 2 fully saturated rings. The Bertz CT molecular complexity index is 1540. The fourth-order valence-electron chi connectivity index (χ4n) is 12.3. The van der Waals surface area contributed by atoms with Crippen molar-refractivity contribution in [2.24, 2.45) is 0 Å². The first-order valence-corrected chi connectivity index (χ1v) is 36.6. The molecule has 2 aliphatic rings. The predicted octanol–water partition coefficient (Wildman–Crippen LogP) is 15.1. The molecule has 12 atom stereocenters. The van der Waals surface area contributed by atoms with Crippen molar-refractivity contribution in [3.8, 4) is 0 Å². The van der Waals surface area contributed by atoms with Gasteiger partial charge in [0.25, 0.3) is 0 Å². The number of carbonyl (C=O) groups is 1. The lowest BCUT2D eigenvalue weighted by molar-refractivity contribution is -0.359. The maximum absolute atomic E-state index is 13.3. The zero-order chi connectivity index (χ0) is 62.3. The van der Waals surface area contributed by atoms with Crippen molar-refractivity contribution in [3.05, 3.63) is 24.3 Å². The Hall–Kier alpha value is -1.53. The van der Waals surface area contributed by atoms with Gasteiger partial charge in [-0.1, -0.05) is 308 Å². The number of carbonyl (C=O) groups excluding carboxylic acids is 1. The average Bonchev–Trinajstić information content (AvgIpc) is 2.76. The van der Waals surface area contributed by atoms with E-state index >= 15 is 0 Å². The predicted molar refractivity (Wildman–Crippen MR) is 351 cm³/mol. The fraction of sp³-hybridized carbons (Fsp3) is 0.931. The number of rotatable bonds is 61. The van der Waals surface area contributed by atoms with E-state index in [2.05, 4.69) is 31.3 Å². The molecule has 1 amide bonds.